The lowest BCUT2D eigenvalue weighted by atomic mass is 10.2. The Balaban J connectivity index is 2.45. The van der Waals surface area contributed by atoms with Crippen LogP contribution in [0.15, 0.2) is 24.3 Å². The second kappa shape index (κ2) is 6.89. The zero-order valence-electron chi connectivity index (χ0n) is 9.70. The Kier molecular flexibility index (Phi) is 5.49. The van der Waals surface area contributed by atoms with Crippen molar-refractivity contribution in [3.63, 3.8) is 0 Å². The number of alkyl halides is 2. The molecule has 98 valence electrons. The van der Waals surface area contributed by atoms with Gasteiger partial charge in [-0.25, -0.2) is 8.78 Å². The number of aliphatic hydroxyl groups is 1. The van der Waals surface area contributed by atoms with E-state index in [4.69, 9.17) is 15.1 Å². The predicted molar refractivity (Wildman–Crippen MR) is 61.3 cm³/mol. The zero-order valence-corrected chi connectivity index (χ0v) is 9.70. The molecule has 0 unspecified atom stereocenters. The molecule has 0 aromatic heterocycles. The van der Waals surface area contributed by atoms with Crippen molar-refractivity contribution >= 4 is 0 Å². The Morgan fingerprint density at radius 1 is 1.44 bits per heavy atom. The molecule has 0 aliphatic carbocycles. The second-order valence-corrected chi connectivity index (χ2v) is 3.71. The van der Waals surface area contributed by atoms with E-state index < -0.39 is 19.1 Å². The van der Waals surface area contributed by atoms with E-state index in [1.54, 1.807) is 24.3 Å². The maximum absolute atomic E-state index is 12.7. The van der Waals surface area contributed by atoms with Crippen LogP contribution in [0.25, 0.3) is 0 Å². The first-order chi connectivity index (χ1) is 8.57. The van der Waals surface area contributed by atoms with Gasteiger partial charge in [-0.15, -0.1) is 0 Å². The van der Waals surface area contributed by atoms with Crippen molar-refractivity contribution in [2.45, 2.75) is 12.5 Å². The van der Waals surface area contributed by atoms with E-state index in [0.717, 1.165) is 5.56 Å². The summed E-state index contributed by atoms with van der Waals surface area (Å²) in [6.45, 7) is -1.59. The lowest BCUT2D eigenvalue weighted by molar-refractivity contribution is -0.0477. The monoisotopic (exact) mass is 256 g/mol. The summed E-state index contributed by atoms with van der Waals surface area (Å²) in [5.74, 6) is -2.60. The molecule has 18 heavy (non-hydrogen) atoms. The molecule has 1 rings (SSSR count). The first-order valence-electron chi connectivity index (χ1n) is 5.35. The fourth-order valence-corrected chi connectivity index (χ4v) is 1.31. The molecule has 0 radical (unpaired) electrons. The third-order valence-corrected chi connectivity index (χ3v) is 2.15. The number of benzene rings is 1. The Bertz CT molecular complexity index is 419. The molecule has 4 nitrogen and oxygen atoms in total. The lowest BCUT2D eigenvalue weighted by Gasteiger charge is -2.14. The average Bonchev–Trinajstić information content (AvgIpc) is 2.37. The van der Waals surface area contributed by atoms with Gasteiger partial charge in [0.25, 0.3) is 5.92 Å². The Labute approximate surface area is 104 Å². The van der Waals surface area contributed by atoms with Crippen LogP contribution in [-0.2, 0) is 6.54 Å². The third-order valence-electron chi connectivity index (χ3n) is 2.15. The van der Waals surface area contributed by atoms with E-state index in [-0.39, 0.29) is 13.2 Å². The highest BCUT2D eigenvalue weighted by molar-refractivity contribution is 5.28. The number of rotatable bonds is 7. The first kappa shape index (κ1) is 14.4. The van der Waals surface area contributed by atoms with Crippen molar-refractivity contribution in [2.24, 2.45) is 0 Å². The van der Waals surface area contributed by atoms with Gasteiger partial charge in [0.2, 0.25) is 0 Å². The largest absolute Gasteiger partial charge is 0.479 e. The van der Waals surface area contributed by atoms with Gasteiger partial charge in [0, 0.05) is 6.54 Å². The maximum Gasteiger partial charge on any atom is 0.282 e. The van der Waals surface area contributed by atoms with Crippen LogP contribution in [0.4, 0.5) is 8.78 Å². The van der Waals surface area contributed by atoms with E-state index in [1.807, 2.05) is 6.07 Å². The minimum atomic E-state index is -3.12. The van der Waals surface area contributed by atoms with Gasteiger partial charge >= 0.3 is 0 Å². The van der Waals surface area contributed by atoms with Gasteiger partial charge in [-0.05, 0) is 17.7 Å². The van der Waals surface area contributed by atoms with E-state index in [2.05, 4.69) is 5.32 Å². The molecule has 0 saturated heterocycles. The summed E-state index contributed by atoms with van der Waals surface area (Å²) >= 11 is 0. The standard InChI is InChI=1S/C12H14F2N2O2/c13-12(14,9-17)8-16-7-10-2-1-3-11(6-10)18-5-4-15/h1-3,6,16-17H,5,7-9H2. The van der Waals surface area contributed by atoms with Gasteiger partial charge < -0.3 is 15.2 Å². The van der Waals surface area contributed by atoms with Crippen LogP contribution in [0.1, 0.15) is 5.56 Å². The third kappa shape index (κ3) is 5.08. The molecule has 0 bridgehead atoms. The normalized spacial score (nSPS) is 11.0. The maximum atomic E-state index is 12.7. The van der Waals surface area contributed by atoms with Gasteiger partial charge in [0.15, 0.2) is 6.61 Å². The van der Waals surface area contributed by atoms with Gasteiger partial charge in [-0.1, -0.05) is 12.1 Å². The molecule has 1 aromatic rings. The summed E-state index contributed by atoms with van der Waals surface area (Å²) in [6, 6.07) is 8.66. The topological polar surface area (TPSA) is 65.3 Å². The molecule has 1 aromatic carbocycles. The summed E-state index contributed by atoms with van der Waals surface area (Å²) in [7, 11) is 0. The summed E-state index contributed by atoms with van der Waals surface area (Å²) < 4.78 is 30.5. The van der Waals surface area contributed by atoms with Crippen molar-refractivity contribution in [3.8, 4) is 11.8 Å². The molecule has 2 N–H and O–H groups in total. The van der Waals surface area contributed by atoms with E-state index >= 15 is 0 Å². The Hall–Kier alpha value is -1.71. The van der Waals surface area contributed by atoms with Gasteiger partial charge in [0.05, 0.1) is 6.54 Å². The molecular formula is C12H14F2N2O2. The van der Waals surface area contributed by atoms with Gasteiger partial charge in [-0.3, -0.25) is 0 Å². The molecule has 0 saturated carbocycles. The van der Waals surface area contributed by atoms with Gasteiger partial charge in [-0.2, -0.15) is 5.26 Å². The molecule has 0 aliphatic heterocycles. The predicted octanol–water partition coefficient (Wildman–Crippen LogP) is 1.31. The van der Waals surface area contributed by atoms with Crippen molar-refractivity contribution < 1.29 is 18.6 Å². The van der Waals surface area contributed by atoms with Crippen LogP contribution < -0.4 is 10.1 Å². The number of hydrogen-bond acceptors (Lipinski definition) is 4. The SMILES string of the molecule is N#CCOc1cccc(CNCC(F)(F)CO)c1. The van der Waals surface area contributed by atoms with Crippen LogP contribution in [-0.4, -0.2) is 30.8 Å². The number of hydrogen-bond donors (Lipinski definition) is 2. The second-order valence-electron chi connectivity index (χ2n) is 3.71. The van der Waals surface area contributed by atoms with Crippen LogP contribution in [0.5, 0.6) is 5.75 Å². The molecule has 0 fully saturated rings. The number of ether oxygens (including phenoxy) is 1. The molecule has 0 amide bonds. The van der Waals surface area contributed by atoms with Crippen molar-refractivity contribution in [1.82, 2.24) is 5.32 Å². The van der Waals surface area contributed by atoms with Crippen LogP contribution >= 0.6 is 0 Å². The number of nitriles is 1. The van der Waals surface area contributed by atoms with Crippen molar-refractivity contribution in [3.05, 3.63) is 29.8 Å². The first-order valence-corrected chi connectivity index (χ1v) is 5.35. The number of aliphatic hydroxyl groups excluding tert-OH is 1. The summed E-state index contributed by atoms with van der Waals surface area (Å²) in [6.07, 6.45) is 0. The summed E-state index contributed by atoms with van der Waals surface area (Å²) in [5, 5.41) is 19.3. The Morgan fingerprint density at radius 2 is 2.22 bits per heavy atom. The van der Waals surface area contributed by atoms with E-state index in [1.165, 1.54) is 0 Å². The summed E-state index contributed by atoms with van der Waals surface area (Å²) in [5.41, 5.74) is 0.763. The molecule has 0 atom stereocenters. The van der Waals surface area contributed by atoms with E-state index in [0.29, 0.717) is 5.75 Å². The lowest BCUT2D eigenvalue weighted by Crippen LogP contribution is -2.35. The van der Waals surface area contributed by atoms with Crippen LogP contribution in [0.3, 0.4) is 0 Å². The highest BCUT2D eigenvalue weighted by Gasteiger charge is 2.26. The molecule has 6 heteroatoms. The number of nitrogens with one attached hydrogen (secondary N) is 1. The summed E-state index contributed by atoms with van der Waals surface area (Å²) in [4.78, 5) is 0. The fourth-order valence-electron chi connectivity index (χ4n) is 1.31. The van der Waals surface area contributed by atoms with Crippen LogP contribution in [0.2, 0.25) is 0 Å². The average molecular weight is 256 g/mol. The van der Waals surface area contributed by atoms with Crippen molar-refractivity contribution in [2.75, 3.05) is 19.8 Å². The molecular weight excluding hydrogens is 242 g/mol. The number of nitrogens with zero attached hydrogens (tertiary/aromatic N) is 1. The molecule has 0 heterocycles. The quantitative estimate of drug-likeness (QED) is 0.772. The highest BCUT2D eigenvalue weighted by Crippen LogP contribution is 2.14. The smallest absolute Gasteiger partial charge is 0.282 e. The minimum Gasteiger partial charge on any atom is -0.479 e. The fraction of sp³-hybridized carbons (Fsp3) is 0.417. The Morgan fingerprint density at radius 3 is 2.89 bits per heavy atom. The van der Waals surface area contributed by atoms with Gasteiger partial charge in [0.1, 0.15) is 18.4 Å². The molecule has 0 spiro atoms. The zero-order chi connectivity index (χ0) is 13.4. The minimum absolute atomic E-state index is 0.0561. The number of halogens is 2. The van der Waals surface area contributed by atoms with E-state index in [9.17, 15) is 8.78 Å². The van der Waals surface area contributed by atoms with Crippen molar-refractivity contribution in [1.29, 1.82) is 5.26 Å². The molecule has 0 aliphatic rings. The van der Waals surface area contributed by atoms with Crippen LogP contribution in [0, 0.1) is 11.3 Å². The highest BCUT2D eigenvalue weighted by atomic mass is 19.3.